The van der Waals surface area contributed by atoms with E-state index in [1.54, 1.807) is 19.1 Å². The molecular formula is C23H25F3N6O4. The zero-order chi connectivity index (χ0) is 25.7. The Morgan fingerprint density at radius 1 is 1.06 bits per heavy atom. The van der Waals surface area contributed by atoms with Crippen LogP contribution in [-0.2, 0) is 0 Å². The molecule has 2 aromatic heterocycles. The van der Waals surface area contributed by atoms with Crippen LogP contribution >= 0.6 is 0 Å². The Hall–Kier alpha value is -3.90. The van der Waals surface area contributed by atoms with Crippen molar-refractivity contribution in [3.8, 4) is 17.5 Å². The number of nitrogens with zero attached hydrogens (tertiary/aromatic N) is 6. The van der Waals surface area contributed by atoms with Gasteiger partial charge in [0.1, 0.15) is 11.9 Å². The first-order chi connectivity index (χ1) is 17.2. The Labute approximate surface area is 205 Å². The van der Waals surface area contributed by atoms with Crippen LogP contribution in [0.5, 0.6) is 17.5 Å². The van der Waals surface area contributed by atoms with Crippen molar-refractivity contribution in [1.29, 1.82) is 0 Å². The van der Waals surface area contributed by atoms with E-state index in [9.17, 15) is 13.2 Å². The van der Waals surface area contributed by atoms with Gasteiger partial charge in [-0.2, -0.15) is 4.98 Å². The van der Waals surface area contributed by atoms with Crippen LogP contribution in [0.25, 0.3) is 0 Å². The van der Waals surface area contributed by atoms with Gasteiger partial charge in [0.2, 0.25) is 5.88 Å². The number of anilines is 1. The summed E-state index contributed by atoms with van der Waals surface area (Å²) in [5.74, 6) is 1.08. The predicted molar refractivity (Wildman–Crippen MR) is 122 cm³/mol. The lowest BCUT2D eigenvalue weighted by Crippen LogP contribution is -2.38. The van der Waals surface area contributed by atoms with Crippen LogP contribution in [0.3, 0.4) is 0 Å². The molecule has 1 fully saturated rings. The molecule has 0 N–H and O–H groups in total. The minimum absolute atomic E-state index is 0.0284. The number of oxime groups is 1. The second-order valence-corrected chi connectivity index (χ2v) is 8.44. The normalized spacial score (nSPS) is 15.3. The Kier molecular flexibility index (Phi) is 7.55. The van der Waals surface area contributed by atoms with E-state index in [0.29, 0.717) is 29.0 Å². The molecule has 4 rings (SSSR count). The third kappa shape index (κ3) is 6.83. The molecule has 36 heavy (non-hydrogen) atoms. The van der Waals surface area contributed by atoms with Gasteiger partial charge in [0.25, 0.3) is 5.88 Å². The molecule has 1 saturated heterocycles. The Balaban J connectivity index is 1.25. The lowest BCUT2D eigenvalue weighted by molar-refractivity contribution is -0.274. The second kappa shape index (κ2) is 10.8. The van der Waals surface area contributed by atoms with Crippen LogP contribution in [0.15, 0.2) is 46.1 Å². The molecule has 1 aliphatic heterocycles. The monoisotopic (exact) mass is 506 g/mol. The zero-order valence-electron chi connectivity index (χ0n) is 19.9. The van der Waals surface area contributed by atoms with Gasteiger partial charge in [0, 0.05) is 44.0 Å². The van der Waals surface area contributed by atoms with Gasteiger partial charge >= 0.3 is 12.4 Å². The standard InChI is InChI=1S/C23H25F3N6O4/c1-14(2)21-27-22(36-31-21)32-12-10-17(11-13-32)33-19-8-9-20(29-28-19)35-30-15(3)16-4-6-18(7-5-16)34-23(24,25)26/h4-9,14,17H,10-13H2,1-3H3/b30-15-. The van der Waals surface area contributed by atoms with Gasteiger partial charge in [0.05, 0.1) is 5.71 Å². The quantitative estimate of drug-likeness (QED) is 0.316. The highest BCUT2D eigenvalue weighted by atomic mass is 19.4. The van der Waals surface area contributed by atoms with Gasteiger partial charge in [-0.05, 0) is 36.8 Å². The van der Waals surface area contributed by atoms with E-state index in [-0.39, 0.29) is 23.7 Å². The van der Waals surface area contributed by atoms with Gasteiger partial charge in [-0.25, -0.2) is 0 Å². The average molecular weight is 506 g/mol. The van der Waals surface area contributed by atoms with Crippen molar-refractivity contribution in [2.45, 2.75) is 52.0 Å². The molecule has 0 saturated carbocycles. The van der Waals surface area contributed by atoms with Crippen LogP contribution in [0.4, 0.5) is 19.2 Å². The van der Waals surface area contributed by atoms with E-state index in [1.807, 2.05) is 18.7 Å². The summed E-state index contributed by atoms with van der Waals surface area (Å²) in [5.41, 5.74) is 0.994. The molecule has 0 spiro atoms. The molecule has 192 valence electrons. The Morgan fingerprint density at radius 2 is 1.72 bits per heavy atom. The summed E-state index contributed by atoms with van der Waals surface area (Å²) in [6, 6.07) is 9.01. The third-order valence-corrected chi connectivity index (χ3v) is 5.34. The summed E-state index contributed by atoms with van der Waals surface area (Å²) in [4.78, 5) is 11.7. The van der Waals surface area contributed by atoms with Crippen molar-refractivity contribution in [1.82, 2.24) is 20.3 Å². The molecule has 0 aliphatic carbocycles. The lowest BCUT2D eigenvalue weighted by atomic mass is 10.1. The van der Waals surface area contributed by atoms with E-state index in [1.165, 1.54) is 24.3 Å². The number of hydrogen-bond acceptors (Lipinski definition) is 10. The predicted octanol–water partition coefficient (Wildman–Crippen LogP) is 4.73. The first kappa shape index (κ1) is 25.2. The van der Waals surface area contributed by atoms with Crippen molar-refractivity contribution in [3.05, 3.63) is 47.8 Å². The number of aromatic nitrogens is 4. The first-order valence-electron chi connectivity index (χ1n) is 11.3. The molecule has 0 bridgehead atoms. The largest absolute Gasteiger partial charge is 0.573 e. The molecule has 10 nitrogen and oxygen atoms in total. The summed E-state index contributed by atoms with van der Waals surface area (Å²) in [6.45, 7) is 7.11. The zero-order valence-corrected chi connectivity index (χ0v) is 19.9. The number of rotatable bonds is 8. The molecular weight excluding hydrogens is 481 g/mol. The number of hydrogen-bond donors (Lipinski definition) is 0. The number of piperidine rings is 1. The van der Waals surface area contributed by atoms with Crippen LogP contribution in [0.1, 0.15) is 50.9 Å². The number of alkyl halides is 3. The van der Waals surface area contributed by atoms with E-state index in [4.69, 9.17) is 14.1 Å². The molecule has 3 heterocycles. The van der Waals surface area contributed by atoms with Crippen molar-refractivity contribution in [2.24, 2.45) is 5.16 Å². The van der Waals surface area contributed by atoms with E-state index >= 15 is 0 Å². The minimum Gasteiger partial charge on any atom is -0.473 e. The van der Waals surface area contributed by atoms with Crippen LogP contribution < -0.4 is 19.2 Å². The van der Waals surface area contributed by atoms with Crippen molar-refractivity contribution >= 4 is 11.7 Å². The van der Waals surface area contributed by atoms with Gasteiger partial charge < -0.3 is 23.7 Å². The minimum atomic E-state index is -4.74. The van der Waals surface area contributed by atoms with Crippen molar-refractivity contribution in [2.75, 3.05) is 18.0 Å². The molecule has 1 aliphatic rings. The van der Waals surface area contributed by atoms with Crippen molar-refractivity contribution < 1.29 is 32.0 Å². The molecule has 1 aromatic carbocycles. The maximum Gasteiger partial charge on any atom is 0.573 e. The average Bonchev–Trinajstić information content (AvgIpc) is 3.34. The fraction of sp³-hybridized carbons (Fsp3) is 0.435. The number of benzene rings is 1. The third-order valence-electron chi connectivity index (χ3n) is 5.34. The maximum atomic E-state index is 12.3. The number of ether oxygens (including phenoxy) is 2. The summed E-state index contributed by atoms with van der Waals surface area (Å²) < 4.78 is 52.0. The second-order valence-electron chi connectivity index (χ2n) is 8.44. The fourth-order valence-electron chi connectivity index (χ4n) is 3.41. The Morgan fingerprint density at radius 3 is 2.31 bits per heavy atom. The lowest BCUT2D eigenvalue weighted by Gasteiger charge is -2.30. The highest BCUT2D eigenvalue weighted by molar-refractivity contribution is 5.98. The van der Waals surface area contributed by atoms with Crippen LogP contribution in [0, 0.1) is 0 Å². The molecule has 0 amide bonds. The smallest absolute Gasteiger partial charge is 0.473 e. The van der Waals surface area contributed by atoms with Gasteiger partial charge in [-0.15, -0.1) is 23.4 Å². The van der Waals surface area contributed by atoms with Gasteiger partial charge in [0.15, 0.2) is 5.82 Å². The van der Waals surface area contributed by atoms with Gasteiger partial charge in [-0.3, -0.25) is 0 Å². The van der Waals surface area contributed by atoms with Crippen molar-refractivity contribution in [3.63, 3.8) is 0 Å². The molecule has 0 radical (unpaired) electrons. The van der Waals surface area contributed by atoms with Gasteiger partial charge in [-0.1, -0.05) is 24.2 Å². The molecule has 13 heteroatoms. The van der Waals surface area contributed by atoms with E-state index in [2.05, 4.69) is 30.2 Å². The highest BCUT2D eigenvalue weighted by Gasteiger charge is 2.31. The van der Waals surface area contributed by atoms with Crippen LogP contribution in [0.2, 0.25) is 0 Å². The molecule has 3 aromatic rings. The Bertz CT molecular complexity index is 1160. The topological polar surface area (TPSA) is 108 Å². The summed E-state index contributed by atoms with van der Waals surface area (Å²) in [6.07, 6.45) is -3.25. The number of halogens is 3. The summed E-state index contributed by atoms with van der Waals surface area (Å²) >= 11 is 0. The SMILES string of the molecule is C/C(=N/Oc1ccc(OC2CCN(c3nc(C(C)C)no3)CC2)nn1)c1ccc(OC(F)(F)F)cc1. The summed E-state index contributed by atoms with van der Waals surface area (Å²) in [7, 11) is 0. The molecule has 0 unspecified atom stereocenters. The first-order valence-corrected chi connectivity index (χ1v) is 11.3. The highest BCUT2D eigenvalue weighted by Crippen LogP contribution is 2.24. The molecule has 0 atom stereocenters. The summed E-state index contributed by atoms with van der Waals surface area (Å²) in [5, 5.41) is 15.9. The van der Waals surface area contributed by atoms with E-state index in [0.717, 1.165) is 25.9 Å². The fourth-order valence-corrected chi connectivity index (χ4v) is 3.41. The van der Waals surface area contributed by atoms with E-state index < -0.39 is 6.36 Å². The van der Waals surface area contributed by atoms with Crippen LogP contribution in [-0.4, -0.2) is 51.6 Å². The maximum absolute atomic E-state index is 12.3.